The van der Waals surface area contributed by atoms with E-state index in [1.807, 2.05) is 0 Å². The van der Waals surface area contributed by atoms with Gasteiger partial charge in [-0.25, -0.2) is 0 Å². The van der Waals surface area contributed by atoms with Crippen LogP contribution in [0.5, 0.6) is 0 Å². The molecule has 2 aromatic carbocycles. The number of nitrogens with zero attached hydrogens (tertiary/aromatic N) is 2. The van der Waals surface area contributed by atoms with Crippen LogP contribution in [0.1, 0.15) is 49.7 Å². The molecule has 3 heteroatoms. The third-order valence-electron chi connectivity index (χ3n) is 9.05. The Labute approximate surface area is 186 Å². The number of amides is 1. The quantitative estimate of drug-likeness (QED) is 0.697. The van der Waals surface area contributed by atoms with Gasteiger partial charge in [-0.05, 0) is 65.9 Å². The van der Waals surface area contributed by atoms with Crippen LogP contribution in [-0.4, -0.2) is 41.9 Å². The molecule has 1 heterocycles. The molecule has 4 atom stereocenters. The van der Waals surface area contributed by atoms with Gasteiger partial charge >= 0.3 is 0 Å². The van der Waals surface area contributed by atoms with Crippen molar-refractivity contribution in [3.05, 3.63) is 71.8 Å². The average Bonchev–Trinajstić information content (AvgIpc) is 3.17. The highest BCUT2D eigenvalue weighted by atomic mass is 16.2. The van der Waals surface area contributed by atoms with Crippen molar-refractivity contribution in [1.29, 1.82) is 0 Å². The van der Waals surface area contributed by atoms with Crippen LogP contribution in [0.25, 0.3) is 0 Å². The lowest BCUT2D eigenvalue weighted by Gasteiger charge is -2.42. The summed E-state index contributed by atoms with van der Waals surface area (Å²) in [6.07, 6.45) is 7.36. The molecule has 4 saturated carbocycles. The predicted molar refractivity (Wildman–Crippen MR) is 124 cm³/mol. The molecule has 0 aromatic heterocycles. The second-order valence-corrected chi connectivity index (χ2v) is 10.9. The second-order valence-electron chi connectivity index (χ2n) is 10.9. The van der Waals surface area contributed by atoms with Gasteiger partial charge in [0.1, 0.15) is 0 Å². The van der Waals surface area contributed by atoms with Crippen molar-refractivity contribution < 1.29 is 4.79 Å². The molecular weight excluding hydrogens is 380 g/mol. The summed E-state index contributed by atoms with van der Waals surface area (Å²) >= 11 is 0. The number of carbonyl (C=O) groups is 1. The molecule has 1 aliphatic heterocycles. The Morgan fingerprint density at radius 1 is 0.871 bits per heavy atom. The first-order chi connectivity index (χ1) is 15.1. The first-order valence-electron chi connectivity index (χ1n) is 12.2. The van der Waals surface area contributed by atoms with E-state index in [0.29, 0.717) is 11.3 Å². The number of rotatable bonds is 5. The topological polar surface area (TPSA) is 23.6 Å². The summed E-state index contributed by atoms with van der Waals surface area (Å²) in [6.45, 7) is 4.76. The monoisotopic (exact) mass is 414 g/mol. The fraction of sp³-hybridized carbons (Fsp3) is 0.536. The number of carbonyl (C=O) groups excluding carboxylic acids is 1. The lowest BCUT2D eigenvalue weighted by molar-refractivity contribution is -0.136. The summed E-state index contributed by atoms with van der Waals surface area (Å²) in [5.74, 6) is 2.02. The van der Waals surface area contributed by atoms with Crippen molar-refractivity contribution in [1.82, 2.24) is 9.80 Å². The van der Waals surface area contributed by atoms with Crippen LogP contribution < -0.4 is 0 Å². The van der Waals surface area contributed by atoms with Crippen LogP contribution in [0.3, 0.4) is 0 Å². The molecule has 162 valence electrons. The van der Waals surface area contributed by atoms with Gasteiger partial charge in [0.2, 0.25) is 5.91 Å². The zero-order chi connectivity index (χ0) is 20.9. The molecule has 0 spiro atoms. The molecule has 7 rings (SSSR count). The first kappa shape index (κ1) is 19.5. The molecule has 4 aliphatic carbocycles. The summed E-state index contributed by atoms with van der Waals surface area (Å²) in [5, 5.41) is 0. The molecule has 4 unspecified atom stereocenters. The van der Waals surface area contributed by atoms with Gasteiger partial charge in [0.15, 0.2) is 0 Å². The molecule has 0 radical (unpaired) electrons. The first-order valence-corrected chi connectivity index (χ1v) is 12.2. The highest BCUT2D eigenvalue weighted by molar-refractivity contribution is 5.77. The third-order valence-corrected chi connectivity index (χ3v) is 9.05. The van der Waals surface area contributed by atoms with Crippen molar-refractivity contribution in [3.63, 3.8) is 0 Å². The standard InChI is InChI=1S/C28H34N2O/c31-26(30-13-11-29(12-14-30)20-22-7-3-1-4-8-22)19-28-17-23-15-25(28)18-27(16-23,21-28)24-9-5-2-6-10-24/h1-10,23,25H,11-21H2. The number of hydrogen-bond donors (Lipinski definition) is 0. The van der Waals surface area contributed by atoms with Crippen LogP contribution >= 0.6 is 0 Å². The largest absolute Gasteiger partial charge is 0.340 e. The molecule has 4 bridgehead atoms. The summed E-state index contributed by atoms with van der Waals surface area (Å²) < 4.78 is 0. The molecule has 2 aromatic rings. The van der Waals surface area contributed by atoms with Crippen molar-refractivity contribution in [2.75, 3.05) is 26.2 Å². The minimum atomic E-state index is 0.275. The Balaban J connectivity index is 1.10. The smallest absolute Gasteiger partial charge is 0.223 e. The molecule has 31 heavy (non-hydrogen) atoms. The van der Waals surface area contributed by atoms with E-state index < -0.39 is 0 Å². The minimum Gasteiger partial charge on any atom is -0.340 e. The summed E-state index contributed by atoms with van der Waals surface area (Å²) in [7, 11) is 0. The Kier molecular flexibility index (Phi) is 4.72. The number of piperazine rings is 1. The lowest BCUT2D eigenvalue weighted by Crippen LogP contribution is -2.49. The normalized spacial score (nSPS) is 34.4. The van der Waals surface area contributed by atoms with E-state index in [1.165, 1.54) is 43.2 Å². The van der Waals surface area contributed by atoms with Crippen LogP contribution in [0, 0.1) is 17.3 Å². The Morgan fingerprint density at radius 3 is 2.32 bits per heavy atom. The molecular formula is C28H34N2O. The fourth-order valence-electron chi connectivity index (χ4n) is 7.89. The predicted octanol–water partition coefficient (Wildman–Crippen LogP) is 4.87. The average molecular weight is 415 g/mol. The van der Waals surface area contributed by atoms with Crippen LogP contribution in [0.2, 0.25) is 0 Å². The van der Waals surface area contributed by atoms with Gasteiger partial charge in [-0.2, -0.15) is 0 Å². The molecule has 5 aliphatic rings. The van der Waals surface area contributed by atoms with Gasteiger partial charge in [0.25, 0.3) is 0 Å². The third kappa shape index (κ3) is 3.42. The molecule has 5 fully saturated rings. The van der Waals surface area contributed by atoms with Gasteiger partial charge in [0, 0.05) is 39.1 Å². The minimum absolute atomic E-state index is 0.275. The lowest BCUT2D eigenvalue weighted by atomic mass is 9.63. The van der Waals surface area contributed by atoms with E-state index in [1.54, 1.807) is 0 Å². The maximum atomic E-state index is 13.4. The zero-order valence-electron chi connectivity index (χ0n) is 18.5. The van der Waals surface area contributed by atoms with E-state index in [4.69, 9.17) is 0 Å². The van der Waals surface area contributed by atoms with E-state index in [-0.39, 0.29) is 5.41 Å². The molecule has 1 amide bonds. The maximum Gasteiger partial charge on any atom is 0.223 e. The maximum absolute atomic E-state index is 13.4. The Hall–Kier alpha value is -2.13. The van der Waals surface area contributed by atoms with Crippen LogP contribution in [-0.2, 0) is 16.8 Å². The Morgan fingerprint density at radius 2 is 1.58 bits per heavy atom. The summed E-state index contributed by atoms with van der Waals surface area (Å²) in [5.41, 5.74) is 3.53. The van der Waals surface area contributed by atoms with Gasteiger partial charge in [-0.1, -0.05) is 60.7 Å². The van der Waals surface area contributed by atoms with Crippen LogP contribution in [0.4, 0.5) is 0 Å². The van der Waals surface area contributed by atoms with E-state index in [0.717, 1.165) is 51.0 Å². The van der Waals surface area contributed by atoms with Crippen molar-refractivity contribution in [2.45, 2.75) is 50.5 Å². The number of benzene rings is 2. The molecule has 1 saturated heterocycles. The molecule has 3 nitrogen and oxygen atoms in total. The number of hydrogen-bond acceptors (Lipinski definition) is 2. The van der Waals surface area contributed by atoms with E-state index in [9.17, 15) is 4.79 Å². The fourth-order valence-corrected chi connectivity index (χ4v) is 7.89. The van der Waals surface area contributed by atoms with E-state index in [2.05, 4.69) is 70.5 Å². The van der Waals surface area contributed by atoms with E-state index >= 15 is 0 Å². The van der Waals surface area contributed by atoms with Crippen molar-refractivity contribution in [3.8, 4) is 0 Å². The highest BCUT2D eigenvalue weighted by Crippen LogP contribution is 2.71. The van der Waals surface area contributed by atoms with Crippen molar-refractivity contribution >= 4 is 5.91 Å². The van der Waals surface area contributed by atoms with Gasteiger partial charge in [-0.15, -0.1) is 0 Å². The van der Waals surface area contributed by atoms with Gasteiger partial charge < -0.3 is 4.90 Å². The van der Waals surface area contributed by atoms with Gasteiger partial charge in [-0.3, -0.25) is 9.69 Å². The Bertz CT molecular complexity index is 936. The highest BCUT2D eigenvalue weighted by Gasteiger charge is 2.64. The van der Waals surface area contributed by atoms with Gasteiger partial charge in [0.05, 0.1) is 0 Å². The zero-order valence-corrected chi connectivity index (χ0v) is 18.5. The second kappa shape index (κ2) is 7.48. The summed E-state index contributed by atoms with van der Waals surface area (Å²) in [4.78, 5) is 18.1. The van der Waals surface area contributed by atoms with Crippen molar-refractivity contribution in [2.24, 2.45) is 17.3 Å². The molecule has 0 N–H and O–H groups in total. The SMILES string of the molecule is O=C(CC12CC3CC1CC(c1ccccc1)(C3)C2)N1CCN(Cc2ccccc2)CC1. The van der Waals surface area contributed by atoms with Crippen LogP contribution in [0.15, 0.2) is 60.7 Å². The summed E-state index contributed by atoms with van der Waals surface area (Å²) in [6, 6.07) is 21.9.